The second-order valence-electron chi connectivity index (χ2n) is 6.47. The summed E-state index contributed by atoms with van der Waals surface area (Å²) in [4.78, 5) is 40.8. The molecule has 0 saturated carbocycles. The lowest BCUT2D eigenvalue weighted by Crippen LogP contribution is -2.37. The van der Waals surface area contributed by atoms with Crippen molar-refractivity contribution in [1.29, 1.82) is 0 Å². The molecule has 1 aromatic carbocycles. The molecule has 2 aromatic heterocycles. The predicted octanol–water partition coefficient (Wildman–Crippen LogP) is 1.69. The third-order valence-electron chi connectivity index (χ3n) is 4.48. The van der Waals surface area contributed by atoms with Crippen LogP contribution in [0.5, 0.6) is 11.5 Å². The molecule has 0 aliphatic rings. The SMILES string of the molecule is CCOc1ccc(/C=C/C(=O)Nc2cnc3c(c2)c(=O)n(C)c(=O)n3C)cc1OC. The van der Waals surface area contributed by atoms with Gasteiger partial charge in [0.25, 0.3) is 5.56 Å². The molecule has 9 nitrogen and oxygen atoms in total. The monoisotopic (exact) mass is 410 g/mol. The number of amides is 1. The molecule has 0 radical (unpaired) electrons. The van der Waals surface area contributed by atoms with Crippen LogP contribution in [0.15, 0.2) is 46.1 Å². The Hall–Kier alpha value is -3.88. The predicted molar refractivity (Wildman–Crippen MR) is 114 cm³/mol. The van der Waals surface area contributed by atoms with Crippen molar-refractivity contribution in [3.63, 3.8) is 0 Å². The molecule has 1 N–H and O–H groups in total. The highest BCUT2D eigenvalue weighted by atomic mass is 16.5. The lowest BCUT2D eigenvalue weighted by atomic mass is 10.2. The number of methoxy groups -OCH3 is 1. The summed E-state index contributed by atoms with van der Waals surface area (Å²) in [5, 5.41) is 2.90. The number of carbonyl (C=O) groups is 1. The first-order chi connectivity index (χ1) is 14.3. The molecular weight excluding hydrogens is 388 g/mol. The average molecular weight is 410 g/mol. The fourth-order valence-corrected chi connectivity index (χ4v) is 2.95. The summed E-state index contributed by atoms with van der Waals surface area (Å²) in [6.07, 6.45) is 4.38. The lowest BCUT2D eigenvalue weighted by Gasteiger charge is -2.09. The van der Waals surface area contributed by atoms with Gasteiger partial charge in [-0.15, -0.1) is 0 Å². The van der Waals surface area contributed by atoms with Crippen LogP contribution in [0.2, 0.25) is 0 Å². The molecule has 0 saturated heterocycles. The zero-order valence-electron chi connectivity index (χ0n) is 17.1. The van der Waals surface area contributed by atoms with Gasteiger partial charge in [-0.25, -0.2) is 9.78 Å². The number of pyridine rings is 1. The Balaban J connectivity index is 1.82. The molecule has 0 spiro atoms. The average Bonchev–Trinajstić information content (AvgIpc) is 2.75. The number of benzene rings is 1. The number of nitrogens with zero attached hydrogens (tertiary/aromatic N) is 3. The van der Waals surface area contributed by atoms with Crippen molar-refractivity contribution >= 4 is 28.7 Å². The zero-order valence-corrected chi connectivity index (χ0v) is 17.1. The van der Waals surface area contributed by atoms with E-state index in [4.69, 9.17) is 9.47 Å². The van der Waals surface area contributed by atoms with E-state index in [2.05, 4.69) is 10.3 Å². The second kappa shape index (κ2) is 8.64. The molecule has 0 fully saturated rings. The van der Waals surface area contributed by atoms with E-state index in [0.717, 1.165) is 10.1 Å². The summed E-state index contributed by atoms with van der Waals surface area (Å²) in [6, 6.07) is 6.83. The van der Waals surface area contributed by atoms with Crippen LogP contribution in [-0.4, -0.2) is 33.7 Å². The largest absolute Gasteiger partial charge is 0.493 e. The fourth-order valence-electron chi connectivity index (χ4n) is 2.95. The van der Waals surface area contributed by atoms with Crippen molar-refractivity contribution in [2.45, 2.75) is 6.92 Å². The summed E-state index contributed by atoms with van der Waals surface area (Å²) in [5.74, 6) is 0.796. The van der Waals surface area contributed by atoms with Crippen LogP contribution in [0.25, 0.3) is 17.1 Å². The van der Waals surface area contributed by atoms with Gasteiger partial charge in [0.05, 0.1) is 31.0 Å². The van der Waals surface area contributed by atoms with Gasteiger partial charge in [0.15, 0.2) is 11.5 Å². The molecular formula is C21H22N4O5. The maximum atomic E-state index is 12.3. The van der Waals surface area contributed by atoms with Crippen molar-refractivity contribution in [1.82, 2.24) is 14.1 Å². The van der Waals surface area contributed by atoms with Crippen molar-refractivity contribution in [3.8, 4) is 11.5 Å². The number of hydrogen-bond donors (Lipinski definition) is 1. The number of fused-ring (bicyclic) bond motifs is 1. The number of aryl methyl sites for hydroxylation is 1. The van der Waals surface area contributed by atoms with Crippen molar-refractivity contribution in [3.05, 3.63) is 62.9 Å². The van der Waals surface area contributed by atoms with Crippen molar-refractivity contribution in [2.24, 2.45) is 14.1 Å². The molecule has 0 aliphatic heterocycles. The van der Waals surface area contributed by atoms with Gasteiger partial charge in [-0.1, -0.05) is 6.07 Å². The van der Waals surface area contributed by atoms with E-state index in [0.29, 0.717) is 23.8 Å². The summed E-state index contributed by atoms with van der Waals surface area (Å²) >= 11 is 0. The highest BCUT2D eigenvalue weighted by molar-refractivity contribution is 6.02. The fraction of sp³-hybridized carbons (Fsp3) is 0.238. The van der Waals surface area contributed by atoms with Gasteiger partial charge < -0.3 is 14.8 Å². The molecule has 30 heavy (non-hydrogen) atoms. The van der Waals surface area contributed by atoms with Gasteiger partial charge in [0, 0.05) is 20.2 Å². The molecule has 0 bridgehead atoms. The Bertz CT molecular complexity index is 1260. The maximum absolute atomic E-state index is 12.3. The summed E-state index contributed by atoms with van der Waals surface area (Å²) < 4.78 is 13.0. The van der Waals surface area contributed by atoms with Gasteiger partial charge in [-0.2, -0.15) is 0 Å². The number of ether oxygens (including phenoxy) is 2. The molecule has 1 amide bonds. The summed E-state index contributed by atoms with van der Waals surface area (Å²) in [5.41, 5.74) is 0.403. The first kappa shape index (κ1) is 20.8. The highest BCUT2D eigenvalue weighted by Gasteiger charge is 2.11. The lowest BCUT2D eigenvalue weighted by molar-refractivity contribution is -0.111. The van der Waals surface area contributed by atoms with Crippen LogP contribution in [0, 0.1) is 0 Å². The van der Waals surface area contributed by atoms with Crippen LogP contribution in [0.4, 0.5) is 5.69 Å². The number of carbonyl (C=O) groups excluding carboxylic acids is 1. The quantitative estimate of drug-likeness (QED) is 0.620. The standard InChI is InChI=1S/C21H22N4O5/c1-5-30-16-8-6-13(10-17(16)29-4)7-9-18(26)23-14-11-15-19(22-12-14)24(2)21(28)25(3)20(15)27/h6-12H,5H2,1-4H3,(H,23,26)/b9-7+. The minimum atomic E-state index is -0.478. The summed E-state index contributed by atoms with van der Waals surface area (Å²) in [7, 11) is 4.47. The topological polar surface area (TPSA) is 104 Å². The van der Waals surface area contributed by atoms with E-state index in [9.17, 15) is 14.4 Å². The minimum Gasteiger partial charge on any atom is -0.493 e. The van der Waals surface area contributed by atoms with E-state index in [1.165, 1.54) is 37.0 Å². The van der Waals surface area contributed by atoms with Crippen LogP contribution in [0.3, 0.4) is 0 Å². The number of hydrogen-bond acceptors (Lipinski definition) is 6. The minimum absolute atomic E-state index is 0.234. The van der Waals surface area contributed by atoms with E-state index in [-0.39, 0.29) is 11.0 Å². The first-order valence-electron chi connectivity index (χ1n) is 9.21. The number of anilines is 1. The third-order valence-corrected chi connectivity index (χ3v) is 4.48. The Labute approximate surface area is 172 Å². The third kappa shape index (κ3) is 4.09. The Morgan fingerprint density at radius 1 is 1.17 bits per heavy atom. The Kier molecular flexibility index (Phi) is 6.01. The van der Waals surface area contributed by atoms with Gasteiger partial charge in [0.1, 0.15) is 5.65 Å². The van der Waals surface area contributed by atoms with Crippen molar-refractivity contribution < 1.29 is 14.3 Å². The van der Waals surface area contributed by atoms with Gasteiger partial charge in [-0.05, 0) is 36.8 Å². The van der Waals surface area contributed by atoms with Gasteiger partial charge in [0.2, 0.25) is 5.91 Å². The molecule has 2 heterocycles. The molecule has 0 unspecified atom stereocenters. The van der Waals surface area contributed by atoms with Crippen molar-refractivity contribution in [2.75, 3.05) is 19.0 Å². The van der Waals surface area contributed by atoms with Crippen LogP contribution >= 0.6 is 0 Å². The maximum Gasteiger partial charge on any atom is 0.332 e. The summed E-state index contributed by atoms with van der Waals surface area (Å²) in [6.45, 7) is 2.40. The first-order valence-corrected chi connectivity index (χ1v) is 9.21. The van der Waals surface area contributed by atoms with Gasteiger partial charge >= 0.3 is 5.69 Å². The van der Waals surface area contributed by atoms with Crippen LogP contribution in [-0.2, 0) is 18.9 Å². The molecule has 9 heteroatoms. The Morgan fingerprint density at radius 3 is 2.63 bits per heavy atom. The van der Waals surface area contributed by atoms with E-state index in [1.54, 1.807) is 31.4 Å². The highest BCUT2D eigenvalue weighted by Crippen LogP contribution is 2.28. The molecule has 0 atom stereocenters. The van der Waals surface area contributed by atoms with E-state index in [1.807, 2.05) is 6.92 Å². The molecule has 0 aliphatic carbocycles. The van der Waals surface area contributed by atoms with E-state index >= 15 is 0 Å². The second-order valence-corrected chi connectivity index (χ2v) is 6.47. The normalized spacial score (nSPS) is 11.1. The van der Waals surface area contributed by atoms with E-state index < -0.39 is 17.2 Å². The van der Waals surface area contributed by atoms with Crippen LogP contribution < -0.4 is 26.0 Å². The molecule has 156 valence electrons. The number of nitrogens with one attached hydrogen (secondary N) is 1. The molecule has 3 aromatic rings. The Morgan fingerprint density at radius 2 is 1.93 bits per heavy atom. The van der Waals surface area contributed by atoms with Gasteiger partial charge in [-0.3, -0.25) is 18.7 Å². The number of aromatic nitrogens is 3. The van der Waals surface area contributed by atoms with Crippen LogP contribution in [0.1, 0.15) is 12.5 Å². The zero-order chi connectivity index (χ0) is 21.8. The molecule has 3 rings (SSSR count). The number of rotatable bonds is 6. The smallest absolute Gasteiger partial charge is 0.332 e.